The summed E-state index contributed by atoms with van der Waals surface area (Å²) in [6.07, 6.45) is -0.559. The van der Waals surface area contributed by atoms with Gasteiger partial charge in [-0.1, -0.05) is 0 Å². The lowest BCUT2D eigenvalue weighted by Crippen LogP contribution is -2.54. The zero-order chi connectivity index (χ0) is 25.0. The number of rotatable bonds is 14. The molecule has 1 aliphatic heterocycles. The van der Waals surface area contributed by atoms with Gasteiger partial charge in [0.05, 0.1) is 18.7 Å². The number of aliphatic hydroxyl groups is 1. The molecule has 0 aromatic rings. The Hall–Kier alpha value is -3.46. The van der Waals surface area contributed by atoms with Crippen LogP contribution in [0.2, 0.25) is 0 Å². The minimum Gasteiger partial charge on any atom is -0.480 e. The Kier molecular flexibility index (Phi) is 11.6. The molecule has 12 N–H and O–H groups in total. The molecule has 1 rings (SSSR count). The summed E-state index contributed by atoms with van der Waals surface area (Å²) in [6, 6.07) is -3.18. The van der Waals surface area contributed by atoms with E-state index in [1.165, 1.54) is 0 Å². The lowest BCUT2D eigenvalue weighted by Gasteiger charge is -2.21. The molecule has 0 aromatic carbocycles. The predicted molar refractivity (Wildman–Crippen MR) is 115 cm³/mol. The summed E-state index contributed by atoms with van der Waals surface area (Å²) < 4.78 is 0. The average molecular weight is 473 g/mol. The van der Waals surface area contributed by atoms with Gasteiger partial charge in [-0.2, -0.15) is 0 Å². The second kappa shape index (κ2) is 13.8. The smallest absolute Gasteiger partial charge is 0.326 e. The fourth-order valence-electron chi connectivity index (χ4n) is 3.07. The number of hydrogen-bond donors (Lipinski definition) is 10. The molecule has 1 fully saturated rings. The van der Waals surface area contributed by atoms with Gasteiger partial charge in [0, 0.05) is 19.5 Å². The zero-order valence-corrected chi connectivity index (χ0v) is 18.1. The maximum Gasteiger partial charge on any atom is 0.326 e. The molecule has 0 bridgehead atoms. The van der Waals surface area contributed by atoms with Gasteiger partial charge in [-0.15, -0.1) is 0 Å². The van der Waals surface area contributed by atoms with Gasteiger partial charge < -0.3 is 48.3 Å². The number of carbonyl (C=O) groups is 5. The van der Waals surface area contributed by atoms with Gasteiger partial charge >= 0.3 is 5.97 Å². The van der Waals surface area contributed by atoms with E-state index in [1.54, 1.807) is 0 Å². The molecule has 0 aromatic heterocycles. The summed E-state index contributed by atoms with van der Waals surface area (Å²) in [5.41, 5.74) is 10.3. The molecule has 186 valence electrons. The number of hydrogen-bond acceptors (Lipinski definition) is 8. The molecule has 0 unspecified atom stereocenters. The van der Waals surface area contributed by atoms with Crippen molar-refractivity contribution in [2.24, 2.45) is 11.5 Å². The van der Waals surface area contributed by atoms with E-state index < -0.39 is 60.4 Å². The Bertz CT molecular complexity index is 747. The maximum absolute atomic E-state index is 12.6. The van der Waals surface area contributed by atoms with Crippen molar-refractivity contribution in [3.8, 4) is 0 Å². The second-order valence-electron chi connectivity index (χ2n) is 7.58. The molecule has 0 spiro atoms. The molecule has 1 saturated heterocycles. The summed E-state index contributed by atoms with van der Waals surface area (Å²) in [7, 11) is 0. The van der Waals surface area contributed by atoms with Gasteiger partial charge in [0.15, 0.2) is 5.96 Å². The van der Waals surface area contributed by atoms with Crippen LogP contribution in [-0.2, 0) is 24.0 Å². The van der Waals surface area contributed by atoms with Crippen molar-refractivity contribution in [1.29, 1.82) is 5.41 Å². The van der Waals surface area contributed by atoms with Gasteiger partial charge in [0.2, 0.25) is 23.6 Å². The highest BCUT2D eigenvalue weighted by Crippen LogP contribution is 2.06. The van der Waals surface area contributed by atoms with Crippen LogP contribution in [0.5, 0.6) is 0 Å². The third-order valence-electron chi connectivity index (χ3n) is 4.78. The third kappa shape index (κ3) is 11.1. The summed E-state index contributed by atoms with van der Waals surface area (Å²) in [5, 5.41) is 38.2. The van der Waals surface area contributed by atoms with E-state index in [1.807, 2.05) is 0 Å². The average Bonchev–Trinajstić information content (AvgIpc) is 3.17. The number of β-amino-alcohol motifs (C(OH)–C–C–N with tert-alkyl or cyclic N) is 1. The van der Waals surface area contributed by atoms with Gasteiger partial charge in [0.1, 0.15) is 12.1 Å². The second-order valence-corrected chi connectivity index (χ2v) is 7.58. The van der Waals surface area contributed by atoms with E-state index in [-0.39, 0.29) is 51.2 Å². The van der Waals surface area contributed by atoms with Gasteiger partial charge in [-0.3, -0.25) is 24.6 Å². The largest absolute Gasteiger partial charge is 0.480 e. The van der Waals surface area contributed by atoms with E-state index in [9.17, 15) is 34.2 Å². The van der Waals surface area contributed by atoms with Crippen LogP contribution < -0.4 is 38.1 Å². The van der Waals surface area contributed by atoms with Crippen LogP contribution in [0.3, 0.4) is 0 Å². The van der Waals surface area contributed by atoms with Crippen molar-refractivity contribution in [3.63, 3.8) is 0 Å². The lowest BCUT2D eigenvalue weighted by atomic mass is 10.1. The fourth-order valence-corrected chi connectivity index (χ4v) is 3.07. The number of nitrogens with two attached hydrogens (primary N) is 2. The van der Waals surface area contributed by atoms with Crippen LogP contribution in [-0.4, -0.2) is 89.6 Å². The van der Waals surface area contributed by atoms with Crippen LogP contribution in [0.1, 0.15) is 32.1 Å². The van der Waals surface area contributed by atoms with Crippen molar-refractivity contribution in [2.45, 2.75) is 56.3 Å². The fraction of sp³-hybridized carbons (Fsp3) is 0.667. The van der Waals surface area contributed by atoms with Crippen molar-refractivity contribution >= 4 is 35.6 Å². The molecule has 33 heavy (non-hydrogen) atoms. The number of carbonyl (C=O) groups excluding carboxylic acids is 4. The number of amides is 4. The zero-order valence-electron chi connectivity index (χ0n) is 18.1. The highest BCUT2D eigenvalue weighted by Gasteiger charge is 2.29. The number of nitrogens with one attached hydrogen (secondary N) is 6. The van der Waals surface area contributed by atoms with Crippen molar-refractivity contribution in [1.82, 2.24) is 26.6 Å². The van der Waals surface area contributed by atoms with Crippen LogP contribution in [0.4, 0.5) is 0 Å². The number of aliphatic hydroxyl groups excluding tert-OH is 1. The van der Waals surface area contributed by atoms with Crippen LogP contribution in [0, 0.1) is 5.41 Å². The first-order chi connectivity index (χ1) is 15.5. The van der Waals surface area contributed by atoms with Crippen molar-refractivity contribution in [3.05, 3.63) is 0 Å². The van der Waals surface area contributed by atoms with Crippen LogP contribution >= 0.6 is 0 Å². The summed E-state index contributed by atoms with van der Waals surface area (Å²) >= 11 is 0. The first-order valence-electron chi connectivity index (χ1n) is 10.4. The first-order valence-corrected chi connectivity index (χ1v) is 10.4. The minimum absolute atomic E-state index is 0.0220. The van der Waals surface area contributed by atoms with E-state index in [2.05, 4.69) is 26.6 Å². The van der Waals surface area contributed by atoms with Crippen molar-refractivity contribution < 1.29 is 34.2 Å². The Balaban J connectivity index is 2.63. The van der Waals surface area contributed by atoms with E-state index >= 15 is 0 Å². The molecule has 15 heteroatoms. The summed E-state index contributed by atoms with van der Waals surface area (Å²) in [5.74, 6) is -4.35. The number of aliphatic carboxylic acids is 1. The number of primary amides is 1. The molecule has 0 radical (unpaired) electrons. The normalized spacial score (nSPS) is 19.1. The number of carboxylic acids is 1. The van der Waals surface area contributed by atoms with Gasteiger partial charge in [-0.05, 0) is 25.7 Å². The number of carboxylic acid groups (broad SMARTS) is 1. The molecule has 1 heterocycles. The first kappa shape index (κ1) is 27.6. The Morgan fingerprint density at radius 2 is 1.76 bits per heavy atom. The standard InChI is InChI=1S/C18H32N8O7/c19-13(28)4-3-10(16(31)26-11(17(32)33)2-1-5-22-18(20)21)25-14(29)8-24-15(30)12-6-9(27)7-23-12/h9-12,23,27H,1-8H2,(H2,19,28)(H,24,30)(H,25,29)(H,26,31)(H,32,33)(H4,20,21,22)/t9-,10+,11+,12+/m1/s1. The maximum atomic E-state index is 12.6. The SMILES string of the molecule is N=C(N)NCCC[C@H](NC(=O)[C@H](CCC(N)=O)NC(=O)CNC(=O)[C@@H]1C[C@@H](O)CN1)C(=O)O. The quantitative estimate of drug-likeness (QED) is 0.0656. The topological polar surface area (TPSA) is 262 Å². The van der Waals surface area contributed by atoms with Gasteiger partial charge in [-0.25, -0.2) is 4.79 Å². The molecular formula is C18H32N8O7. The van der Waals surface area contributed by atoms with Crippen molar-refractivity contribution in [2.75, 3.05) is 19.6 Å². The molecule has 0 saturated carbocycles. The van der Waals surface area contributed by atoms with E-state index in [0.717, 1.165) is 0 Å². The third-order valence-corrected chi connectivity index (χ3v) is 4.78. The highest BCUT2D eigenvalue weighted by molar-refractivity contribution is 5.93. The summed E-state index contributed by atoms with van der Waals surface area (Å²) in [4.78, 5) is 59.4. The highest BCUT2D eigenvalue weighted by atomic mass is 16.4. The summed E-state index contributed by atoms with van der Waals surface area (Å²) in [6.45, 7) is 0.0190. The Labute approximate surface area is 189 Å². The van der Waals surface area contributed by atoms with Gasteiger partial charge in [0.25, 0.3) is 0 Å². The molecule has 15 nitrogen and oxygen atoms in total. The van der Waals surface area contributed by atoms with E-state index in [4.69, 9.17) is 16.9 Å². The monoisotopic (exact) mass is 472 g/mol. The lowest BCUT2D eigenvalue weighted by molar-refractivity contribution is -0.142. The molecular weight excluding hydrogens is 440 g/mol. The van der Waals surface area contributed by atoms with Crippen LogP contribution in [0.25, 0.3) is 0 Å². The Morgan fingerprint density at radius 3 is 2.30 bits per heavy atom. The van der Waals surface area contributed by atoms with Crippen LogP contribution in [0.15, 0.2) is 0 Å². The molecule has 1 aliphatic rings. The molecule has 0 aliphatic carbocycles. The number of guanidine groups is 1. The molecule has 4 amide bonds. The van der Waals surface area contributed by atoms with E-state index in [0.29, 0.717) is 0 Å². The minimum atomic E-state index is -1.30. The Morgan fingerprint density at radius 1 is 1.06 bits per heavy atom. The molecule has 4 atom stereocenters. The predicted octanol–water partition coefficient (Wildman–Crippen LogP) is -4.59.